The molecule has 184 valence electrons. The smallest absolute Gasteiger partial charge is 0.326 e. The maximum absolute atomic E-state index is 13.0. The molecule has 6 N–H and O–H groups in total. The lowest BCUT2D eigenvalue weighted by Gasteiger charge is -2.23. The van der Waals surface area contributed by atoms with E-state index >= 15 is 0 Å². The summed E-state index contributed by atoms with van der Waals surface area (Å²) in [7, 11) is 0. The summed E-state index contributed by atoms with van der Waals surface area (Å²) in [5, 5.41) is 15.5. The van der Waals surface area contributed by atoms with Gasteiger partial charge in [-0.05, 0) is 42.9 Å². The number of nitrogens with zero attached hydrogens (tertiary/aromatic N) is 1. The predicted molar refractivity (Wildman–Crippen MR) is 130 cm³/mol. The van der Waals surface area contributed by atoms with Crippen molar-refractivity contribution < 1.29 is 24.3 Å². The summed E-state index contributed by atoms with van der Waals surface area (Å²) in [6.45, 7) is -0.00708. The number of carbonyl (C=O) groups is 4. The standard InChI is InChI=1S/C23H31N5O5S/c1-34-10-8-16(24)21(30)27-18(11-14-12-25-17-6-3-2-5-15(14)17)22(31)26-13-20(29)28-9-4-7-19(28)23(32)33/h2-3,5-6,12,16,18-19,25H,4,7-11,13,24H2,1H3,(H,26,31)(H,27,30)(H,32,33). The van der Waals surface area contributed by atoms with Crippen LogP contribution in [0.15, 0.2) is 30.5 Å². The molecule has 1 aliphatic rings. The Labute approximate surface area is 202 Å². The molecular weight excluding hydrogens is 458 g/mol. The first kappa shape index (κ1) is 25.6. The number of thioether (sulfide) groups is 1. The summed E-state index contributed by atoms with van der Waals surface area (Å²) in [5.74, 6) is -1.78. The number of hydrogen-bond donors (Lipinski definition) is 5. The molecule has 0 radical (unpaired) electrons. The number of hydrogen-bond acceptors (Lipinski definition) is 6. The molecule has 1 aliphatic heterocycles. The quantitative estimate of drug-likeness (QED) is 0.307. The zero-order valence-electron chi connectivity index (χ0n) is 19.1. The van der Waals surface area contributed by atoms with Crippen LogP contribution in [0.5, 0.6) is 0 Å². The molecule has 1 saturated heterocycles. The van der Waals surface area contributed by atoms with Gasteiger partial charge in [-0.2, -0.15) is 11.8 Å². The summed E-state index contributed by atoms with van der Waals surface area (Å²) in [6.07, 6.45) is 5.37. The minimum atomic E-state index is -1.05. The summed E-state index contributed by atoms with van der Waals surface area (Å²) < 4.78 is 0. The second kappa shape index (κ2) is 11.9. The van der Waals surface area contributed by atoms with Crippen molar-refractivity contribution in [2.24, 2.45) is 5.73 Å². The van der Waals surface area contributed by atoms with Crippen molar-refractivity contribution in [3.05, 3.63) is 36.0 Å². The number of nitrogens with one attached hydrogen (secondary N) is 3. The highest BCUT2D eigenvalue weighted by atomic mass is 32.2. The summed E-state index contributed by atoms with van der Waals surface area (Å²) in [6, 6.07) is 5.04. The van der Waals surface area contributed by atoms with E-state index in [9.17, 15) is 24.3 Å². The number of carboxylic acids is 1. The van der Waals surface area contributed by atoms with Crippen molar-refractivity contribution in [1.82, 2.24) is 20.5 Å². The average Bonchev–Trinajstić information content (AvgIpc) is 3.48. The van der Waals surface area contributed by atoms with Crippen molar-refractivity contribution in [1.29, 1.82) is 0 Å². The van der Waals surface area contributed by atoms with E-state index in [2.05, 4.69) is 15.6 Å². The van der Waals surface area contributed by atoms with Gasteiger partial charge in [0, 0.05) is 30.1 Å². The molecule has 2 aromatic rings. The first-order valence-electron chi connectivity index (χ1n) is 11.2. The predicted octanol–water partition coefficient (Wildman–Crippen LogP) is 0.467. The van der Waals surface area contributed by atoms with Crippen LogP contribution in [0.1, 0.15) is 24.8 Å². The SMILES string of the molecule is CSCCC(N)C(=O)NC(Cc1c[nH]c2ccccc12)C(=O)NCC(=O)N1CCCC1C(=O)O. The maximum atomic E-state index is 13.0. The Balaban J connectivity index is 1.70. The number of amides is 3. The molecule has 1 aromatic heterocycles. The Bertz CT molecular complexity index is 1040. The van der Waals surface area contributed by atoms with Crippen molar-refractivity contribution >= 4 is 46.4 Å². The normalized spacial score (nSPS) is 17.4. The molecule has 1 aromatic carbocycles. The van der Waals surface area contributed by atoms with Crippen molar-refractivity contribution in [3.8, 4) is 0 Å². The third kappa shape index (κ3) is 6.29. The Morgan fingerprint density at radius 2 is 2.03 bits per heavy atom. The van der Waals surface area contributed by atoms with Gasteiger partial charge in [0.05, 0.1) is 12.6 Å². The van der Waals surface area contributed by atoms with Crippen LogP contribution >= 0.6 is 11.8 Å². The van der Waals surface area contributed by atoms with Gasteiger partial charge in [-0.15, -0.1) is 0 Å². The molecule has 3 atom stereocenters. The minimum Gasteiger partial charge on any atom is -0.480 e. The van der Waals surface area contributed by atoms with Gasteiger partial charge < -0.3 is 31.4 Å². The van der Waals surface area contributed by atoms with Crippen molar-refractivity contribution in [2.75, 3.05) is 25.1 Å². The number of carboxylic acid groups (broad SMARTS) is 1. The second-order valence-corrected chi connectivity index (χ2v) is 9.30. The molecule has 10 nitrogen and oxygen atoms in total. The number of carbonyl (C=O) groups excluding carboxylic acids is 3. The molecule has 3 amide bonds. The van der Waals surface area contributed by atoms with Crippen LogP contribution in [0.2, 0.25) is 0 Å². The topological polar surface area (TPSA) is 158 Å². The number of H-pyrrole nitrogens is 1. The molecule has 0 spiro atoms. The Morgan fingerprint density at radius 3 is 2.76 bits per heavy atom. The lowest BCUT2D eigenvalue weighted by atomic mass is 10.0. The molecule has 0 aliphatic carbocycles. The molecular formula is C23H31N5O5S. The van der Waals surface area contributed by atoms with E-state index in [1.165, 1.54) is 4.90 Å². The Hall–Kier alpha value is -3.05. The highest BCUT2D eigenvalue weighted by Gasteiger charge is 2.34. The Kier molecular flexibility index (Phi) is 8.94. The van der Waals surface area contributed by atoms with Gasteiger partial charge in [-0.1, -0.05) is 18.2 Å². The van der Waals surface area contributed by atoms with Crippen LogP contribution in [0, 0.1) is 0 Å². The van der Waals surface area contributed by atoms with Crippen LogP contribution in [0.3, 0.4) is 0 Å². The van der Waals surface area contributed by atoms with Crippen LogP contribution in [-0.4, -0.2) is 81.9 Å². The van der Waals surface area contributed by atoms with E-state index < -0.39 is 41.8 Å². The number of rotatable bonds is 11. The number of aromatic amines is 1. The maximum Gasteiger partial charge on any atom is 0.326 e. The van der Waals surface area contributed by atoms with Gasteiger partial charge in [-0.25, -0.2) is 4.79 Å². The highest BCUT2D eigenvalue weighted by molar-refractivity contribution is 7.98. The van der Waals surface area contributed by atoms with Gasteiger partial charge in [0.25, 0.3) is 0 Å². The lowest BCUT2D eigenvalue weighted by Crippen LogP contribution is -2.54. The third-order valence-corrected chi connectivity index (χ3v) is 6.62. The number of likely N-dealkylation sites (tertiary alicyclic amines) is 1. The number of aromatic nitrogens is 1. The second-order valence-electron chi connectivity index (χ2n) is 8.31. The largest absolute Gasteiger partial charge is 0.480 e. The van der Waals surface area contributed by atoms with E-state index in [1.54, 1.807) is 18.0 Å². The highest BCUT2D eigenvalue weighted by Crippen LogP contribution is 2.20. The van der Waals surface area contributed by atoms with Crippen LogP contribution < -0.4 is 16.4 Å². The molecule has 34 heavy (non-hydrogen) atoms. The molecule has 11 heteroatoms. The number of benzene rings is 1. The van der Waals surface area contributed by atoms with Gasteiger partial charge in [0.2, 0.25) is 17.7 Å². The monoisotopic (exact) mass is 489 g/mol. The number of fused-ring (bicyclic) bond motifs is 1. The number of aliphatic carboxylic acids is 1. The van der Waals surface area contributed by atoms with E-state index in [0.29, 0.717) is 31.6 Å². The van der Waals surface area contributed by atoms with Crippen LogP contribution in [-0.2, 0) is 25.6 Å². The molecule has 3 unspecified atom stereocenters. The fourth-order valence-corrected chi connectivity index (χ4v) is 4.58. The third-order valence-electron chi connectivity index (χ3n) is 5.97. The zero-order chi connectivity index (χ0) is 24.7. The molecule has 1 fully saturated rings. The summed E-state index contributed by atoms with van der Waals surface area (Å²) >= 11 is 1.58. The average molecular weight is 490 g/mol. The first-order chi connectivity index (χ1) is 16.3. The fourth-order valence-electron chi connectivity index (χ4n) is 4.09. The summed E-state index contributed by atoms with van der Waals surface area (Å²) in [5.41, 5.74) is 7.73. The molecule has 2 heterocycles. The molecule has 0 saturated carbocycles. The lowest BCUT2D eigenvalue weighted by molar-refractivity contribution is -0.148. The van der Waals surface area contributed by atoms with Gasteiger partial charge in [0.1, 0.15) is 12.1 Å². The zero-order valence-corrected chi connectivity index (χ0v) is 19.9. The molecule has 3 rings (SSSR count). The minimum absolute atomic E-state index is 0.201. The number of nitrogens with two attached hydrogens (primary N) is 1. The van der Waals surface area contributed by atoms with E-state index in [1.807, 2.05) is 30.5 Å². The van der Waals surface area contributed by atoms with Gasteiger partial charge >= 0.3 is 5.97 Å². The van der Waals surface area contributed by atoms with E-state index in [0.717, 1.165) is 16.5 Å². The van der Waals surface area contributed by atoms with E-state index in [4.69, 9.17) is 5.73 Å². The van der Waals surface area contributed by atoms with Crippen LogP contribution in [0.4, 0.5) is 0 Å². The Morgan fingerprint density at radius 1 is 1.26 bits per heavy atom. The van der Waals surface area contributed by atoms with Gasteiger partial charge in [-0.3, -0.25) is 14.4 Å². The van der Waals surface area contributed by atoms with E-state index in [-0.39, 0.29) is 13.0 Å². The van der Waals surface area contributed by atoms with Gasteiger partial charge in [0.15, 0.2) is 0 Å². The van der Waals surface area contributed by atoms with Crippen molar-refractivity contribution in [3.63, 3.8) is 0 Å². The molecule has 0 bridgehead atoms. The first-order valence-corrected chi connectivity index (χ1v) is 12.6. The van der Waals surface area contributed by atoms with Crippen molar-refractivity contribution in [2.45, 2.75) is 43.8 Å². The fraction of sp³-hybridized carbons (Fsp3) is 0.478. The number of para-hydroxylation sites is 1. The summed E-state index contributed by atoms with van der Waals surface area (Å²) in [4.78, 5) is 54.0. The van der Waals surface area contributed by atoms with Crippen LogP contribution in [0.25, 0.3) is 10.9 Å².